The van der Waals surface area contributed by atoms with Gasteiger partial charge in [0.2, 0.25) is 5.89 Å². The molecule has 0 saturated carbocycles. The summed E-state index contributed by atoms with van der Waals surface area (Å²) in [7, 11) is 0. The maximum Gasteiger partial charge on any atom is 0.208 e. The molecule has 86 valence electrons. The molecule has 0 spiro atoms. The average Bonchev–Trinajstić information content (AvgIpc) is 2.63. The zero-order valence-electron chi connectivity index (χ0n) is 10.0. The van der Waals surface area contributed by atoms with Crippen molar-refractivity contribution in [3.8, 4) is 0 Å². The van der Waals surface area contributed by atoms with E-state index in [1.807, 2.05) is 6.20 Å². The predicted octanol–water partition coefficient (Wildman–Crippen LogP) is 2.76. The Labute approximate surface area is 92.3 Å². The molecule has 0 radical (unpaired) electrons. The lowest BCUT2D eigenvalue weighted by atomic mass is 10.1. The topological polar surface area (TPSA) is 38.1 Å². The molecular formula is C12H22N2O. The van der Waals surface area contributed by atoms with E-state index in [4.69, 9.17) is 4.42 Å². The van der Waals surface area contributed by atoms with Crippen molar-refractivity contribution in [2.45, 2.75) is 46.6 Å². The fraction of sp³-hybridized carbons (Fsp3) is 0.750. The summed E-state index contributed by atoms with van der Waals surface area (Å²) in [6.45, 7) is 8.36. The number of aromatic nitrogens is 1. The lowest BCUT2D eigenvalue weighted by Gasteiger charge is -2.00. The van der Waals surface area contributed by atoms with E-state index in [1.54, 1.807) is 0 Å². The molecule has 0 aromatic carbocycles. The lowest BCUT2D eigenvalue weighted by Crippen LogP contribution is -2.13. The molecule has 0 atom stereocenters. The predicted molar refractivity (Wildman–Crippen MR) is 61.7 cm³/mol. The Morgan fingerprint density at radius 2 is 2.27 bits per heavy atom. The summed E-state index contributed by atoms with van der Waals surface area (Å²) in [6, 6.07) is 0. The van der Waals surface area contributed by atoms with Crippen molar-refractivity contribution in [3.05, 3.63) is 17.8 Å². The highest BCUT2D eigenvalue weighted by atomic mass is 16.4. The number of oxazole rings is 1. The molecule has 1 heterocycles. The Morgan fingerprint density at radius 1 is 1.47 bits per heavy atom. The van der Waals surface area contributed by atoms with Crippen LogP contribution in [0.2, 0.25) is 0 Å². The van der Waals surface area contributed by atoms with Crippen molar-refractivity contribution in [1.82, 2.24) is 10.3 Å². The highest BCUT2D eigenvalue weighted by Gasteiger charge is 2.04. The van der Waals surface area contributed by atoms with Crippen molar-refractivity contribution in [2.24, 2.45) is 5.92 Å². The molecule has 0 fully saturated rings. The minimum Gasteiger partial charge on any atom is -0.444 e. The van der Waals surface area contributed by atoms with Gasteiger partial charge in [0, 0.05) is 6.42 Å². The van der Waals surface area contributed by atoms with Crippen molar-refractivity contribution in [3.63, 3.8) is 0 Å². The molecule has 0 aliphatic rings. The van der Waals surface area contributed by atoms with Crippen LogP contribution in [-0.4, -0.2) is 11.5 Å². The van der Waals surface area contributed by atoms with Gasteiger partial charge in [-0.25, -0.2) is 4.98 Å². The molecule has 0 aliphatic carbocycles. The molecule has 0 aliphatic heterocycles. The molecule has 1 aromatic heterocycles. The van der Waals surface area contributed by atoms with Crippen LogP contribution in [0, 0.1) is 5.92 Å². The van der Waals surface area contributed by atoms with Crippen molar-refractivity contribution in [2.75, 3.05) is 6.54 Å². The molecule has 1 rings (SSSR count). The SMILES string of the molecule is CCCNCc1ncc(CCC(C)C)o1. The van der Waals surface area contributed by atoms with Gasteiger partial charge in [0.15, 0.2) is 0 Å². The van der Waals surface area contributed by atoms with Crippen molar-refractivity contribution < 1.29 is 4.42 Å². The first kappa shape index (κ1) is 12.2. The van der Waals surface area contributed by atoms with Gasteiger partial charge in [0.1, 0.15) is 5.76 Å². The molecule has 0 amide bonds. The molecule has 0 unspecified atom stereocenters. The van der Waals surface area contributed by atoms with Crippen LogP contribution in [0.5, 0.6) is 0 Å². The molecule has 1 aromatic rings. The lowest BCUT2D eigenvalue weighted by molar-refractivity contribution is 0.422. The highest BCUT2D eigenvalue weighted by Crippen LogP contribution is 2.10. The van der Waals surface area contributed by atoms with Gasteiger partial charge >= 0.3 is 0 Å². The third-order valence-electron chi connectivity index (χ3n) is 2.27. The van der Waals surface area contributed by atoms with Gasteiger partial charge in [-0.3, -0.25) is 0 Å². The van der Waals surface area contributed by atoms with E-state index in [0.717, 1.165) is 49.9 Å². The molecule has 15 heavy (non-hydrogen) atoms. The van der Waals surface area contributed by atoms with Crippen LogP contribution in [0.25, 0.3) is 0 Å². The maximum atomic E-state index is 5.61. The van der Waals surface area contributed by atoms with Gasteiger partial charge < -0.3 is 9.73 Å². The van der Waals surface area contributed by atoms with Gasteiger partial charge in [-0.1, -0.05) is 20.8 Å². The zero-order chi connectivity index (χ0) is 11.1. The first-order valence-electron chi connectivity index (χ1n) is 5.86. The fourth-order valence-corrected chi connectivity index (χ4v) is 1.35. The first-order valence-corrected chi connectivity index (χ1v) is 5.86. The monoisotopic (exact) mass is 210 g/mol. The van der Waals surface area contributed by atoms with E-state index in [9.17, 15) is 0 Å². The van der Waals surface area contributed by atoms with Gasteiger partial charge in [-0.05, 0) is 25.3 Å². The Morgan fingerprint density at radius 3 is 2.93 bits per heavy atom. The van der Waals surface area contributed by atoms with Gasteiger partial charge in [0.05, 0.1) is 12.7 Å². The van der Waals surface area contributed by atoms with E-state index in [2.05, 4.69) is 31.1 Å². The van der Waals surface area contributed by atoms with Gasteiger partial charge in [-0.2, -0.15) is 0 Å². The summed E-state index contributed by atoms with van der Waals surface area (Å²) in [5.41, 5.74) is 0. The largest absolute Gasteiger partial charge is 0.444 e. The van der Waals surface area contributed by atoms with Crippen LogP contribution >= 0.6 is 0 Å². The average molecular weight is 210 g/mol. The Balaban J connectivity index is 2.29. The summed E-state index contributed by atoms with van der Waals surface area (Å²) < 4.78 is 5.61. The molecule has 1 N–H and O–H groups in total. The van der Waals surface area contributed by atoms with E-state index < -0.39 is 0 Å². The smallest absolute Gasteiger partial charge is 0.208 e. The van der Waals surface area contributed by atoms with Crippen molar-refractivity contribution >= 4 is 0 Å². The van der Waals surface area contributed by atoms with Gasteiger partial charge in [0.25, 0.3) is 0 Å². The Kier molecular flexibility index (Phi) is 5.40. The number of aryl methyl sites for hydroxylation is 1. The zero-order valence-corrected chi connectivity index (χ0v) is 10.0. The minimum absolute atomic E-state index is 0.719. The second-order valence-corrected chi connectivity index (χ2v) is 4.33. The minimum atomic E-state index is 0.719. The second kappa shape index (κ2) is 6.62. The molecule has 3 heteroatoms. The van der Waals surface area contributed by atoms with Gasteiger partial charge in [-0.15, -0.1) is 0 Å². The fourth-order valence-electron chi connectivity index (χ4n) is 1.35. The second-order valence-electron chi connectivity index (χ2n) is 4.33. The summed E-state index contributed by atoms with van der Waals surface area (Å²) in [6.07, 6.45) is 5.15. The maximum absolute atomic E-state index is 5.61. The number of nitrogens with one attached hydrogen (secondary N) is 1. The Bertz CT molecular complexity index is 268. The summed E-state index contributed by atoms with van der Waals surface area (Å²) >= 11 is 0. The van der Waals surface area contributed by atoms with Crippen LogP contribution in [0.15, 0.2) is 10.6 Å². The van der Waals surface area contributed by atoms with E-state index in [0.29, 0.717) is 0 Å². The number of hydrogen-bond acceptors (Lipinski definition) is 3. The molecule has 0 saturated heterocycles. The third-order valence-corrected chi connectivity index (χ3v) is 2.27. The van der Waals surface area contributed by atoms with Crippen LogP contribution in [0.4, 0.5) is 0 Å². The molecular weight excluding hydrogens is 188 g/mol. The van der Waals surface area contributed by atoms with E-state index in [-0.39, 0.29) is 0 Å². The van der Waals surface area contributed by atoms with Crippen LogP contribution in [-0.2, 0) is 13.0 Å². The summed E-state index contributed by atoms with van der Waals surface area (Å²) in [5, 5.41) is 3.27. The molecule has 0 bridgehead atoms. The van der Waals surface area contributed by atoms with Crippen molar-refractivity contribution in [1.29, 1.82) is 0 Å². The van der Waals surface area contributed by atoms with Crippen LogP contribution in [0.3, 0.4) is 0 Å². The standard InChI is InChI=1S/C12H22N2O/c1-4-7-13-9-12-14-8-11(15-12)6-5-10(2)3/h8,10,13H,4-7,9H2,1-3H3. The third kappa shape index (κ3) is 4.98. The van der Waals surface area contributed by atoms with E-state index >= 15 is 0 Å². The number of rotatable bonds is 7. The highest BCUT2D eigenvalue weighted by molar-refractivity contribution is 4.94. The van der Waals surface area contributed by atoms with E-state index in [1.165, 1.54) is 0 Å². The normalized spacial score (nSPS) is 11.2. The quantitative estimate of drug-likeness (QED) is 0.703. The van der Waals surface area contributed by atoms with Crippen LogP contribution < -0.4 is 5.32 Å². The summed E-state index contributed by atoms with van der Waals surface area (Å²) in [5.74, 6) is 2.54. The number of hydrogen-bond donors (Lipinski definition) is 1. The van der Waals surface area contributed by atoms with Crippen LogP contribution in [0.1, 0.15) is 45.3 Å². The Hall–Kier alpha value is -0.830. The number of nitrogens with zero attached hydrogens (tertiary/aromatic N) is 1. The first-order chi connectivity index (χ1) is 7.22. The summed E-state index contributed by atoms with van der Waals surface area (Å²) in [4.78, 5) is 4.24. The molecule has 3 nitrogen and oxygen atoms in total.